The van der Waals surface area contributed by atoms with E-state index >= 15 is 0 Å². The van der Waals surface area contributed by atoms with Crippen molar-refractivity contribution in [3.05, 3.63) is 36.9 Å². The van der Waals surface area contributed by atoms with E-state index in [2.05, 4.69) is 20.8 Å². The third kappa shape index (κ3) is 5.87. The van der Waals surface area contributed by atoms with E-state index in [4.69, 9.17) is 0 Å². The molecule has 0 saturated heterocycles. The Morgan fingerprint density at radius 3 is 2.30 bits per heavy atom. The fourth-order valence-electron chi connectivity index (χ4n) is 1.95. The zero-order valence-electron chi connectivity index (χ0n) is 13.2. The lowest BCUT2D eigenvalue weighted by Gasteiger charge is -2.11. The molecule has 1 heterocycles. The summed E-state index contributed by atoms with van der Waals surface area (Å²) in [4.78, 5) is 25.4. The molecule has 2 amide bonds. The molecular formula is C15H20N6O2. The summed E-state index contributed by atoms with van der Waals surface area (Å²) in [7, 11) is 3.65. The number of rotatable bonds is 7. The molecule has 1 aromatic carbocycles. The van der Waals surface area contributed by atoms with Gasteiger partial charge in [-0.15, -0.1) is 10.2 Å². The lowest BCUT2D eigenvalue weighted by Crippen LogP contribution is -2.27. The van der Waals surface area contributed by atoms with Crippen LogP contribution in [0.25, 0.3) is 0 Å². The van der Waals surface area contributed by atoms with Crippen LogP contribution in [0.15, 0.2) is 36.9 Å². The second-order valence-corrected chi connectivity index (χ2v) is 5.36. The normalized spacial score (nSPS) is 10.6. The Morgan fingerprint density at radius 1 is 1.09 bits per heavy atom. The largest absolute Gasteiger partial charge is 0.326 e. The number of aryl methyl sites for hydroxylation is 1. The molecule has 2 rings (SSSR count). The molecule has 8 nitrogen and oxygen atoms in total. The molecule has 0 atom stereocenters. The average molecular weight is 316 g/mol. The van der Waals surface area contributed by atoms with Crippen molar-refractivity contribution >= 4 is 23.2 Å². The molecule has 2 N–H and O–H groups in total. The number of aromatic nitrogens is 3. The molecule has 0 radical (unpaired) electrons. The predicted molar refractivity (Wildman–Crippen MR) is 86.9 cm³/mol. The van der Waals surface area contributed by atoms with E-state index < -0.39 is 0 Å². The topological polar surface area (TPSA) is 92.2 Å². The maximum Gasteiger partial charge on any atom is 0.238 e. The van der Waals surface area contributed by atoms with Gasteiger partial charge in [-0.3, -0.25) is 9.59 Å². The molecule has 0 fully saturated rings. The molecule has 23 heavy (non-hydrogen) atoms. The van der Waals surface area contributed by atoms with Gasteiger partial charge in [0, 0.05) is 24.3 Å². The highest BCUT2D eigenvalue weighted by atomic mass is 16.2. The number of carbonyl (C=O) groups excluding carboxylic acids is 2. The van der Waals surface area contributed by atoms with Crippen molar-refractivity contribution in [1.29, 1.82) is 0 Å². The summed E-state index contributed by atoms with van der Waals surface area (Å²) in [6.07, 6.45) is 3.44. The Balaban J connectivity index is 1.86. The molecule has 0 saturated carbocycles. The average Bonchev–Trinajstić information content (AvgIpc) is 2.97. The van der Waals surface area contributed by atoms with E-state index in [9.17, 15) is 9.59 Å². The zero-order valence-corrected chi connectivity index (χ0v) is 13.2. The quantitative estimate of drug-likeness (QED) is 0.788. The fourth-order valence-corrected chi connectivity index (χ4v) is 1.95. The van der Waals surface area contributed by atoms with Gasteiger partial charge in [0.1, 0.15) is 12.7 Å². The maximum atomic E-state index is 11.9. The number of anilines is 2. The molecule has 122 valence electrons. The van der Waals surface area contributed by atoms with Crippen LogP contribution >= 0.6 is 0 Å². The summed E-state index contributed by atoms with van der Waals surface area (Å²) in [6.45, 7) is 0.813. The number of nitrogens with zero attached hydrogens (tertiary/aromatic N) is 4. The Hall–Kier alpha value is -2.74. The number of nitrogens with one attached hydrogen (secondary N) is 2. The van der Waals surface area contributed by atoms with Gasteiger partial charge in [0.15, 0.2) is 0 Å². The summed E-state index contributed by atoms with van der Waals surface area (Å²) < 4.78 is 1.73. The molecule has 0 aliphatic rings. The first-order chi connectivity index (χ1) is 11.0. The number of amides is 2. The maximum absolute atomic E-state index is 11.9. The third-order valence-electron chi connectivity index (χ3n) is 2.95. The van der Waals surface area contributed by atoms with Crippen molar-refractivity contribution in [1.82, 2.24) is 19.7 Å². The molecule has 0 aliphatic carbocycles. The predicted octanol–water partition coefficient (Wildman–Crippen LogP) is 0.807. The minimum absolute atomic E-state index is 0.105. The number of likely N-dealkylation sites (N-methyl/N-ethyl adjacent to an activating group) is 1. The van der Waals surface area contributed by atoms with E-state index in [0.29, 0.717) is 30.9 Å². The van der Waals surface area contributed by atoms with Crippen molar-refractivity contribution in [2.75, 3.05) is 31.3 Å². The van der Waals surface area contributed by atoms with Gasteiger partial charge >= 0.3 is 0 Å². The Bertz CT molecular complexity index is 654. The molecule has 0 aliphatic heterocycles. The minimum Gasteiger partial charge on any atom is -0.326 e. The third-order valence-corrected chi connectivity index (χ3v) is 2.95. The highest BCUT2D eigenvalue weighted by Gasteiger charge is 2.06. The number of carbonyl (C=O) groups is 2. The summed E-state index contributed by atoms with van der Waals surface area (Å²) in [6, 6.07) is 7.06. The first-order valence-electron chi connectivity index (χ1n) is 7.20. The van der Waals surface area contributed by atoms with E-state index in [1.165, 1.54) is 0 Å². The van der Waals surface area contributed by atoms with Crippen molar-refractivity contribution < 1.29 is 9.59 Å². The first kappa shape index (κ1) is 16.6. The van der Waals surface area contributed by atoms with Gasteiger partial charge in [-0.25, -0.2) is 0 Å². The van der Waals surface area contributed by atoms with Crippen molar-refractivity contribution in [2.45, 2.75) is 13.0 Å². The van der Waals surface area contributed by atoms with Crippen LogP contribution in [-0.2, 0) is 16.1 Å². The fraction of sp³-hybridized carbons (Fsp3) is 0.333. The van der Waals surface area contributed by atoms with Crippen molar-refractivity contribution in [3.8, 4) is 0 Å². The van der Waals surface area contributed by atoms with Gasteiger partial charge in [0.05, 0.1) is 6.54 Å². The minimum atomic E-state index is -0.115. The molecule has 0 unspecified atom stereocenters. The molecule has 2 aromatic rings. The Kier molecular flexibility index (Phi) is 5.81. The second kappa shape index (κ2) is 8.04. The summed E-state index contributed by atoms with van der Waals surface area (Å²) in [5.74, 6) is -0.221. The zero-order chi connectivity index (χ0) is 16.7. The lowest BCUT2D eigenvalue weighted by atomic mass is 10.2. The molecule has 0 spiro atoms. The monoisotopic (exact) mass is 316 g/mol. The van der Waals surface area contributed by atoms with Gasteiger partial charge in [-0.05, 0) is 32.3 Å². The van der Waals surface area contributed by atoms with Gasteiger partial charge in [-0.1, -0.05) is 6.07 Å². The Labute approximate surface area is 134 Å². The molecular weight excluding hydrogens is 296 g/mol. The first-order valence-corrected chi connectivity index (χ1v) is 7.20. The van der Waals surface area contributed by atoms with E-state index in [1.807, 2.05) is 14.1 Å². The van der Waals surface area contributed by atoms with Crippen LogP contribution in [0.3, 0.4) is 0 Å². The SMILES string of the molecule is CN(C)CC(=O)Nc1cccc(NC(=O)CCn2cnnc2)c1. The van der Waals surface area contributed by atoms with Crippen LogP contribution in [-0.4, -0.2) is 52.1 Å². The standard InChI is InChI=1S/C15H20N6O2/c1-20(2)9-15(23)19-13-5-3-4-12(8-13)18-14(22)6-7-21-10-16-17-11-21/h3-5,8,10-11H,6-7,9H2,1-2H3,(H,18,22)(H,19,23). The Morgan fingerprint density at radius 2 is 1.70 bits per heavy atom. The van der Waals surface area contributed by atoms with Crippen LogP contribution in [0.5, 0.6) is 0 Å². The summed E-state index contributed by atoms with van der Waals surface area (Å²) in [5, 5.41) is 13.0. The van der Waals surface area contributed by atoms with Gasteiger partial charge < -0.3 is 20.1 Å². The lowest BCUT2D eigenvalue weighted by molar-refractivity contribution is -0.117. The molecule has 1 aromatic heterocycles. The van der Waals surface area contributed by atoms with Crippen LogP contribution in [0.4, 0.5) is 11.4 Å². The smallest absolute Gasteiger partial charge is 0.238 e. The number of hydrogen-bond donors (Lipinski definition) is 2. The summed E-state index contributed by atoms with van der Waals surface area (Å²) in [5.41, 5.74) is 1.29. The van der Waals surface area contributed by atoms with Gasteiger partial charge in [0.2, 0.25) is 11.8 Å². The number of benzene rings is 1. The van der Waals surface area contributed by atoms with Crippen molar-refractivity contribution in [2.24, 2.45) is 0 Å². The van der Waals surface area contributed by atoms with Crippen LogP contribution in [0.1, 0.15) is 6.42 Å². The van der Waals surface area contributed by atoms with Crippen LogP contribution in [0, 0.1) is 0 Å². The molecule has 0 bridgehead atoms. The summed E-state index contributed by atoms with van der Waals surface area (Å²) >= 11 is 0. The highest BCUT2D eigenvalue weighted by Crippen LogP contribution is 2.15. The number of hydrogen-bond acceptors (Lipinski definition) is 5. The molecule has 8 heteroatoms. The van der Waals surface area contributed by atoms with Crippen LogP contribution in [0.2, 0.25) is 0 Å². The van der Waals surface area contributed by atoms with E-state index in [1.54, 1.807) is 46.4 Å². The van der Waals surface area contributed by atoms with Gasteiger partial charge in [-0.2, -0.15) is 0 Å². The van der Waals surface area contributed by atoms with Crippen LogP contribution < -0.4 is 10.6 Å². The van der Waals surface area contributed by atoms with E-state index in [0.717, 1.165) is 0 Å². The van der Waals surface area contributed by atoms with Crippen molar-refractivity contribution in [3.63, 3.8) is 0 Å². The van der Waals surface area contributed by atoms with E-state index in [-0.39, 0.29) is 11.8 Å². The van der Waals surface area contributed by atoms with Gasteiger partial charge in [0.25, 0.3) is 0 Å². The highest BCUT2D eigenvalue weighted by molar-refractivity contribution is 5.94. The second-order valence-electron chi connectivity index (χ2n) is 5.36.